The first-order chi connectivity index (χ1) is 8.93. The van der Waals surface area contributed by atoms with Crippen LogP contribution in [0.5, 0.6) is 0 Å². The Labute approximate surface area is 113 Å². The molecule has 7 heteroatoms. The molecule has 0 saturated carbocycles. The standard InChI is InChI=1S/C12H12F3N3S/c1-2-7-18-10(16-17-11(18)19)8-3-5-9(6-4-8)12(13,14)15/h3-6H,2,7H2,1H3,(H,17,19). The summed E-state index contributed by atoms with van der Waals surface area (Å²) in [7, 11) is 0. The lowest BCUT2D eigenvalue weighted by Crippen LogP contribution is -2.05. The van der Waals surface area contributed by atoms with Gasteiger partial charge in [-0.25, -0.2) is 0 Å². The molecule has 1 N–H and O–H groups in total. The quantitative estimate of drug-likeness (QED) is 0.864. The van der Waals surface area contributed by atoms with Gasteiger partial charge in [-0.05, 0) is 30.8 Å². The average molecular weight is 287 g/mol. The van der Waals surface area contributed by atoms with Gasteiger partial charge in [-0.15, -0.1) is 0 Å². The van der Waals surface area contributed by atoms with E-state index in [0.29, 0.717) is 22.7 Å². The highest BCUT2D eigenvalue weighted by Gasteiger charge is 2.30. The fourth-order valence-corrected chi connectivity index (χ4v) is 2.00. The van der Waals surface area contributed by atoms with Crippen LogP contribution in [0.25, 0.3) is 11.4 Å². The molecule has 0 aliphatic rings. The molecule has 0 fully saturated rings. The third kappa shape index (κ3) is 2.86. The van der Waals surface area contributed by atoms with Crippen LogP contribution in [-0.4, -0.2) is 14.8 Å². The monoisotopic (exact) mass is 287 g/mol. The fourth-order valence-electron chi connectivity index (χ4n) is 1.78. The number of benzene rings is 1. The van der Waals surface area contributed by atoms with E-state index in [0.717, 1.165) is 18.6 Å². The van der Waals surface area contributed by atoms with E-state index in [-0.39, 0.29) is 0 Å². The lowest BCUT2D eigenvalue weighted by atomic mass is 10.1. The molecule has 0 radical (unpaired) electrons. The van der Waals surface area contributed by atoms with Crippen molar-refractivity contribution >= 4 is 12.2 Å². The second kappa shape index (κ2) is 5.16. The molecular weight excluding hydrogens is 275 g/mol. The van der Waals surface area contributed by atoms with E-state index >= 15 is 0 Å². The molecule has 0 amide bonds. The second-order valence-corrected chi connectivity index (χ2v) is 4.47. The molecule has 1 heterocycles. The van der Waals surface area contributed by atoms with Crippen molar-refractivity contribution in [3.8, 4) is 11.4 Å². The second-order valence-electron chi connectivity index (χ2n) is 4.08. The van der Waals surface area contributed by atoms with Crippen molar-refractivity contribution in [1.29, 1.82) is 0 Å². The number of alkyl halides is 3. The third-order valence-electron chi connectivity index (χ3n) is 2.68. The van der Waals surface area contributed by atoms with Gasteiger partial charge < -0.3 is 4.57 Å². The van der Waals surface area contributed by atoms with E-state index in [1.165, 1.54) is 12.1 Å². The van der Waals surface area contributed by atoms with Crippen LogP contribution in [0.4, 0.5) is 13.2 Å². The van der Waals surface area contributed by atoms with E-state index in [1.807, 2.05) is 6.92 Å². The number of hydrogen-bond acceptors (Lipinski definition) is 2. The number of nitrogens with one attached hydrogen (secondary N) is 1. The predicted octanol–water partition coefficient (Wildman–Crippen LogP) is 4.04. The van der Waals surface area contributed by atoms with Crippen molar-refractivity contribution in [3.63, 3.8) is 0 Å². The van der Waals surface area contributed by atoms with E-state index in [2.05, 4.69) is 10.2 Å². The summed E-state index contributed by atoms with van der Waals surface area (Å²) < 4.78 is 39.7. The van der Waals surface area contributed by atoms with Crippen molar-refractivity contribution in [1.82, 2.24) is 14.8 Å². The van der Waals surface area contributed by atoms with Crippen molar-refractivity contribution < 1.29 is 13.2 Å². The summed E-state index contributed by atoms with van der Waals surface area (Å²) in [5.41, 5.74) is -0.0683. The predicted molar refractivity (Wildman–Crippen MR) is 68.1 cm³/mol. The van der Waals surface area contributed by atoms with E-state index in [1.54, 1.807) is 4.57 Å². The minimum absolute atomic E-state index is 0.469. The van der Waals surface area contributed by atoms with Gasteiger partial charge in [0.2, 0.25) is 0 Å². The lowest BCUT2D eigenvalue weighted by Gasteiger charge is -2.08. The van der Waals surface area contributed by atoms with Crippen LogP contribution < -0.4 is 0 Å². The molecule has 0 saturated heterocycles. The summed E-state index contributed by atoms with van der Waals surface area (Å²) in [6.45, 7) is 2.66. The van der Waals surface area contributed by atoms with Gasteiger partial charge in [-0.1, -0.05) is 19.1 Å². The molecule has 0 spiro atoms. The van der Waals surface area contributed by atoms with Crippen molar-refractivity contribution in [2.24, 2.45) is 0 Å². The molecule has 0 atom stereocenters. The molecule has 19 heavy (non-hydrogen) atoms. The molecule has 0 bridgehead atoms. The van der Waals surface area contributed by atoms with Crippen LogP contribution in [0.2, 0.25) is 0 Å². The summed E-state index contributed by atoms with van der Waals surface area (Å²) in [6.07, 6.45) is -3.46. The van der Waals surface area contributed by atoms with E-state index < -0.39 is 11.7 Å². The van der Waals surface area contributed by atoms with Crippen LogP contribution in [0.1, 0.15) is 18.9 Å². The van der Waals surface area contributed by atoms with Gasteiger partial charge in [0.25, 0.3) is 0 Å². The first kappa shape index (κ1) is 13.8. The fraction of sp³-hybridized carbons (Fsp3) is 0.333. The van der Waals surface area contributed by atoms with Crippen LogP contribution >= 0.6 is 12.2 Å². The highest BCUT2D eigenvalue weighted by Crippen LogP contribution is 2.30. The summed E-state index contributed by atoms with van der Waals surface area (Å²) in [4.78, 5) is 0. The van der Waals surface area contributed by atoms with Gasteiger partial charge in [-0.3, -0.25) is 5.10 Å². The number of halogens is 3. The summed E-state index contributed by atoms with van der Waals surface area (Å²) >= 11 is 5.09. The minimum atomic E-state index is -4.33. The van der Waals surface area contributed by atoms with E-state index in [4.69, 9.17) is 12.2 Å². The Morgan fingerprint density at radius 3 is 2.42 bits per heavy atom. The molecule has 1 aromatic heterocycles. The van der Waals surface area contributed by atoms with Crippen LogP contribution in [0.15, 0.2) is 24.3 Å². The number of hydrogen-bond donors (Lipinski definition) is 1. The molecule has 3 nitrogen and oxygen atoms in total. The smallest absolute Gasteiger partial charge is 0.300 e. The number of H-pyrrole nitrogens is 1. The van der Waals surface area contributed by atoms with Crippen molar-refractivity contribution in [2.45, 2.75) is 26.1 Å². The van der Waals surface area contributed by atoms with Gasteiger partial charge in [0.05, 0.1) is 5.56 Å². The first-order valence-corrected chi connectivity index (χ1v) is 6.17. The highest BCUT2D eigenvalue weighted by atomic mass is 32.1. The van der Waals surface area contributed by atoms with Crippen molar-refractivity contribution in [2.75, 3.05) is 0 Å². The lowest BCUT2D eigenvalue weighted by molar-refractivity contribution is -0.137. The Bertz CT molecular complexity index is 610. The average Bonchev–Trinajstić information content (AvgIpc) is 2.71. The first-order valence-electron chi connectivity index (χ1n) is 5.76. The summed E-state index contributed by atoms with van der Waals surface area (Å²) in [5, 5.41) is 6.72. The van der Waals surface area contributed by atoms with Gasteiger partial charge in [-0.2, -0.15) is 18.3 Å². The van der Waals surface area contributed by atoms with Crippen molar-refractivity contribution in [3.05, 3.63) is 34.6 Å². The van der Waals surface area contributed by atoms with Crippen LogP contribution in [0, 0.1) is 4.77 Å². The molecular formula is C12H12F3N3S. The Morgan fingerprint density at radius 1 is 1.26 bits per heavy atom. The van der Waals surface area contributed by atoms with Crippen LogP contribution in [0.3, 0.4) is 0 Å². The van der Waals surface area contributed by atoms with Crippen LogP contribution in [-0.2, 0) is 12.7 Å². The van der Waals surface area contributed by atoms with E-state index in [9.17, 15) is 13.2 Å². The number of aromatic amines is 1. The molecule has 2 rings (SSSR count). The maximum atomic E-state index is 12.5. The number of aromatic nitrogens is 3. The number of nitrogens with zero attached hydrogens (tertiary/aromatic N) is 2. The van der Waals surface area contributed by atoms with Gasteiger partial charge in [0, 0.05) is 12.1 Å². The zero-order valence-corrected chi connectivity index (χ0v) is 11.0. The summed E-state index contributed by atoms with van der Waals surface area (Å²) in [5.74, 6) is 0.556. The molecule has 1 aromatic carbocycles. The topological polar surface area (TPSA) is 33.6 Å². The number of rotatable bonds is 3. The molecule has 0 aliphatic carbocycles. The molecule has 102 valence electrons. The van der Waals surface area contributed by atoms with Gasteiger partial charge in [0.1, 0.15) is 0 Å². The molecule has 2 aromatic rings. The SMILES string of the molecule is CCCn1c(-c2ccc(C(F)(F)F)cc2)n[nH]c1=S. The molecule has 0 aliphatic heterocycles. The Morgan fingerprint density at radius 2 is 1.89 bits per heavy atom. The zero-order chi connectivity index (χ0) is 14.0. The normalized spacial score (nSPS) is 11.8. The van der Waals surface area contributed by atoms with Gasteiger partial charge >= 0.3 is 6.18 Å². The molecule has 0 unspecified atom stereocenters. The maximum Gasteiger partial charge on any atom is 0.416 e. The zero-order valence-electron chi connectivity index (χ0n) is 10.2. The Balaban J connectivity index is 2.40. The third-order valence-corrected chi connectivity index (χ3v) is 2.99. The highest BCUT2D eigenvalue weighted by molar-refractivity contribution is 7.71. The Hall–Kier alpha value is -1.63. The van der Waals surface area contributed by atoms with Gasteiger partial charge in [0.15, 0.2) is 10.6 Å². The largest absolute Gasteiger partial charge is 0.416 e. The Kier molecular flexibility index (Phi) is 3.75. The summed E-state index contributed by atoms with van der Waals surface area (Å²) in [6, 6.07) is 4.90. The minimum Gasteiger partial charge on any atom is -0.300 e. The maximum absolute atomic E-state index is 12.5.